The molecule has 16 heavy (non-hydrogen) atoms. The second kappa shape index (κ2) is 5.26. The van der Waals surface area contributed by atoms with Crippen LogP contribution in [0, 0.1) is 0 Å². The van der Waals surface area contributed by atoms with Crippen molar-refractivity contribution in [2.45, 2.75) is 12.8 Å². The van der Waals surface area contributed by atoms with E-state index in [0.29, 0.717) is 6.42 Å². The molecule has 0 aliphatic heterocycles. The molecule has 0 atom stereocenters. The highest BCUT2D eigenvalue weighted by Gasteiger charge is 1.96. The number of carbonyl (C=O) groups excluding carboxylic acids is 1. The third kappa shape index (κ3) is 2.80. The lowest BCUT2D eigenvalue weighted by atomic mass is 10.0. The summed E-state index contributed by atoms with van der Waals surface area (Å²) in [5.41, 5.74) is 3.59. The van der Waals surface area contributed by atoms with Gasteiger partial charge in [0, 0.05) is 6.42 Å². The second-order valence-corrected chi connectivity index (χ2v) is 3.80. The van der Waals surface area contributed by atoms with Crippen LogP contribution in [0.15, 0.2) is 54.6 Å². The minimum Gasteiger partial charge on any atom is -0.291 e. The fraction of sp³-hybridized carbons (Fsp3) is 0.133. The van der Waals surface area contributed by atoms with E-state index in [1.54, 1.807) is 0 Å². The first kappa shape index (κ1) is 10.6. The Morgan fingerprint density at radius 2 is 1.31 bits per heavy atom. The van der Waals surface area contributed by atoms with E-state index < -0.39 is 0 Å². The van der Waals surface area contributed by atoms with Gasteiger partial charge in [-0.2, -0.15) is 0 Å². The van der Waals surface area contributed by atoms with E-state index in [2.05, 4.69) is 24.3 Å². The van der Waals surface area contributed by atoms with Crippen LogP contribution in [0.3, 0.4) is 0 Å². The average Bonchev–Trinajstić information content (AvgIpc) is 2.33. The maximum Gasteiger partial charge on any atom is 0.203 e. The molecule has 0 aromatic heterocycles. The molecule has 0 amide bonds. The normalized spacial score (nSPS) is 10.0. The van der Waals surface area contributed by atoms with Crippen molar-refractivity contribution in [3.8, 4) is 0 Å². The van der Waals surface area contributed by atoms with Crippen LogP contribution in [0.1, 0.15) is 16.7 Å². The summed E-state index contributed by atoms with van der Waals surface area (Å²) in [5.74, 6) is 0. The summed E-state index contributed by atoms with van der Waals surface area (Å²) < 4.78 is 0. The van der Waals surface area contributed by atoms with Gasteiger partial charge in [-0.15, -0.1) is 0 Å². The van der Waals surface area contributed by atoms with Crippen molar-refractivity contribution < 1.29 is 4.79 Å². The van der Waals surface area contributed by atoms with E-state index >= 15 is 0 Å². The van der Waals surface area contributed by atoms with Crippen molar-refractivity contribution in [1.29, 1.82) is 0 Å². The SMILES string of the molecule is O=[C]Cc1ccc(Cc2ccccc2)cc1. The van der Waals surface area contributed by atoms with Crippen LogP contribution in [0.5, 0.6) is 0 Å². The lowest BCUT2D eigenvalue weighted by Gasteiger charge is -2.02. The predicted octanol–water partition coefficient (Wildman–Crippen LogP) is 2.93. The predicted molar refractivity (Wildman–Crippen MR) is 65.1 cm³/mol. The van der Waals surface area contributed by atoms with Crippen LogP contribution in [-0.4, -0.2) is 6.29 Å². The highest BCUT2D eigenvalue weighted by molar-refractivity contribution is 5.55. The Balaban J connectivity index is 2.08. The van der Waals surface area contributed by atoms with Gasteiger partial charge in [0.25, 0.3) is 0 Å². The number of rotatable bonds is 4. The Hall–Kier alpha value is -1.89. The molecule has 0 N–H and O–H groups in total. The average molecular weight is 209 g/mol. The molecule has 0 saturated heterocycles. The third-order valence-corrected chi connectivity index (χ3v) is 2.55. The summed E-state index contributed by atoms with van der Waals surface area (Å²) in [5, 5.41) is 0. The number of hydrogen-bond donors (Lipinski definition) is 0. The van der Waals surface area contributed by atoms with Gasteiger partial charge >= 0.3 is 0 Å². The first-order chi connectivity index (χ1) is 7.88. The Morgan fingerprint density at radius 1 is 0.750 bits per heavy atom. The second-order valence-electron chi connectivity index (χ2n) is 3.80. The molecule has 0 aliphatic carbocycles. The molecule has 2 aromatic carbocycles. The van der Waals surface area contributed by atoms with Gasteiger partial charge in [-0.1, -0.05) is 54.6 Å². The molecule has 2 aromatic rings. The first-order valence-corrected chi connectivity index (χ1v) is 5.35. The maximum absolute atomic E-state index is 10.2. The van der Waals surface area contributed by atoms with Crippen molar-refractivity contribution in [1.82, 2.24) is 0 Å². The zero-order chi connectivity index (χ0) is 11.2. The molecule has 0 spiro atoms. The molecule has 0 heterocycles. The minimum absolute atomic E-state index is 0.381. The summed E-state index contributed by atoms with van der Waals surface area (Å²) >= 11 is 0. The van der Waals surface area contributed by atoms with Gasteiger partial charge in [0.05, 0.1) is 0 Å². The summed E-state index contributed by atoms with van der Waals surface area (Å²) in [6.45, 7) is 0. The van der Waals surface area contributed by atoms with Crippen LogP contribution in [-0.2, 0) is 17.6 Å². The van der Waals surface area contributed by atoms with E-state index in [1.807, 2.05) is 36.6 Å². The van der Waals surface area contributed by atoms with Gasteiger partial charge in [-0.3, -0.25) is 4.79 Å². The van der Waals surface area contributed by atoms with Crippen LogP contribution < -0.4 is 0 Å². The van der Waals surface area contributed by atoms with Gasteiger partial charge in [-0.25, -0.2) is 0 Å². The van der Waals surface area contributed by atoms with E-state index in [1.165, 1.54) is 11.1 Å². The van der Waals surface area contributed by atoms with Gasteiger partial charge in [0.1, 0.15) is 0 Å². The third-order valence-electron chi connectivity index (χ3n) is 2.55. The molecule has 79 valence electrons. The van der Waals surface area contributed by atoms with E-state index in [9.17, 15) is 4.79 Å². The van der Waals surface area contributed by atoms with Crippen LogP contribution in [0.2, 0.25) is 0 Å². The molecule has 0 bridgehead atoms. The molecule has 1 radical (unpaired) electrons. The van der Waals surface area contributed by atoms with Crippen LogP contribution in [0.4, 0.5) is 0 Å². The highest BCUT2D eigenvalue weighted by Crippen LogP contribution is 2.10. The van der Waals surface area contributed by atoms with Gasteiger partial charge in [0.2, 0.25) is 6.29 Å². The molecule has 2 rings (SSSR count). The highest BCUT2D eigenvalue weighted by atomic mass is 16.1. The summed E-state index contributed by atoms with van der Waals surface area (Å²) in [6.07, 6.45) is 3.22. The molecule has 0 fully saturated rings. The van der Waals surface area contributed by atoms with Crippen molar-refractivity contribution in [2.24, 2.45) is 0 Å². The monoisotopic (exact) mass is 209 g/mol. The van der Waals surface area contributed by atoms with Crippen LogP contribution in [0.25, 0.3) is 0 Å². The summed E-state index contributed by atoms with van der Waals surface area (Å²) in [4.78, 5) is 10.2. The molecular weight excluding hydrogens is 196 g/mol. The molecule has 1 nitrogen and oxygen atoms in total. The van der Waals surface area contributed by atoms with Crippen molar-refractivity contribution >= 4 is 6.29 Å². The molecular formula is C15H13O. The smallest absolute Gasteiger partial charge is 0.203 e. The minimum atomic E-state index is 0.381. The molecule has 0 unspecified atom stereocenters. The fourth-order valence-corrected chi connectivity index (χ4v) is 1.69. The van der Waals surface area contributed by atoms with Crippen molar-refractivity contribution in [3.63, 3.8) is 0 Å². The van der Waals surface area contributed by atoms with Gasteiger partial charge in [0.15, 0.2) is 0 Å². The number of hydrogen-bond acceptors (Lipinski definition) is 1. The topological polar surface area (TPSA) is 17.1 Å². The van der Waals surface area contributed by atoms with E-state index in [-0.39, 0.29) is 0 Å². The fourth-order valence-electron chi connectivity index (χ4n) is 1.69. The summed E-state index contributed by atoms with van der Waals surface area (Å²) in [7, 11) is 0. The Kier molecular flexibility index (Phi) is 3.50. The van der Waals surface area contributed by atoms with Crippen LogP contribution >= 0.6 is 0 Å². The summed E-state index contributed by atoms with van der Waals surface area (Å²) in [6, 6.07) is 18.5. The Labute approximate surface area is 95.7 Å². The lowest BCUT2D eigenvalue weighted by molar-refractivity contribution is 0.555. The van der Waals surface area contributed by atoms with Crippen molar-refractivity contribution in [2.75, 3.05) is 0 Å². The standard InChI is InChI=1S/C15H13O/c16-11-10-13-6-8-15(9-7-13)12-14-4-2-1-3-5-14/h1-9H,10,12H2. The number of benzene rings is 2. The largest absolute Gasteiger partial charge is 0.291 e. The van der Waals surface area contributed by atoms with E-state index in [4.69, 9.17) is 0 Å². The maximum atomic E-state index is 10.2. The lowest BCUT2D eigenvalue weighted by Crippen LogP contribution is -1.90. The first-order valence-electron chi connectivity index (χ1n) is 5.35. The quantitative estimate of drug-likeness (QED) is 0.756. The van der Waals surface area contributed by atoms with Gasteiger partial charge in [-0.05, 0) is 23.1 Å². The van der Waals surface area contributed by atoms with Crippen molar-refractivity contribution in [3.05, 3.63) is 71.3 Å². The zero-order valence-corrected chi connectivity index (χ0v) is 9.02. The molecule has 0 aliphatic rings. The van der Waals surface area contributed by atoms with E-state index in [0.717, 1.165) is 12.0 Å². The Bertz CT molecular complexity index is 443. The molecule has 1 heteroatoms. The Morgan fingerprint density at radius 3 is 1.94 bits per heavy atom. The molecule has 0 saturated carbocycles. The zero-order valence-electron chi connectivity index (χ0n) is 9.02. The van der Waals surface area contributed by atoms with Gasteiger partial charge < -0.3 is 0 Å².